The predicted octanol–water partition coefficient (Wildman–Crippen LogP) is 1.57. The molecule has 0 saturated heterocycles. The lowest BCUT2D eigenvalue weighted by atomic mass is 10.0. The summed E-state index contributed by atoms with van der Waals surface area (Å²) in [7, 11) is 1.96. The van der Waals surface area contributed by atoms with E-state index < -0.39 is 0 Å². The Hall–Kier alpha value is -1.43. The minimum atomic E-state index is -0.258. The van der Waals surface area contributed by atoms with Gasteiger partial charge in [-0.05, 0) is 51.6 Å². The predicted molar refractivity (Wildman–Crippen MR) is 86.0 cm³/mol. The van der Waals surface area contributed by atoms with Crippen LogP contribution in [0.4, 0.5) is 5.69 Å². The maximum Gasteiger partial charge on any atom is 0.224 e. The van der Waals surface area contributed by atoms with Crippen molar-refractivity contribution in [2.24, 2.45) is 5.73 Å². The molecule has 21 heavy (non-hydrogen) atoms. The van der Waals surface area contributed by atoms with Crippen molar-refractivity contribution in [1.29, 1.82) is 0 Å². The number of amides is 1. The molecule has 1 rings (SSSR count). The second-order valence-corrected chi connectivity index (χ2v) is 5.95. The highest BCUT2D eigenvalue weighted by Crippen LogP contribution is 2.13. The summed E-state index contributed by atoms with van der Waals surface area (Å²) in [4.78, 5) is 14.0. The van der Waals surface area contributed by atoms with Crippen molar-refractivity contribution in [2.75, 3.05) is 25.5 Å². The van der Waals surface area contributed by atoms with Crippen molar-refractivity contribution in [2.45, 2.75) is 38.8 Å². The number of aliphatic hydroxyl groups excluding tert-OH is 1. The van der Waals surface area contributed by atoms with E-state index in [4.69, 9.17) is 5.73 Å². The number of benzene rings is 1. The van der Waals surface area contributed by atoms with Crippen LogP contribution < -0.4 is 11.1 Å². The van der Waals surface area contributed by atoms with Gasteiger partial charge in [0.1, 0.15) is 0 Å². The van der Waals surface area contributed by atoms with Crippen LogP contribution in [0.25, 0.3) is 0 Å². The Kier molecular flexibility index (Phi) is 6.81. The minimum Gasteiger partial charge on any atom is -0.394 e. The molecule has 0 aliphatic heterocycles. The molecule has 0 aliphatic carbocycles. The summed E-state index contributed by atoms with van der Waals surface area (Å²) in [5.41, 5.74) is 7.10. The third kappa shape index (κ3) is 5.83. The number of anilines is 1. The molecule has 1 aromatic carbocycles. The lowest BCUT2D eigenvalue weighted by Crippen LogP contribution is -2.44. The maximum absolute atomic E-state index is 11.9. The zero-order valence-electron chi connectivity index (χ0n) is 13.2. The molecular weight excluding hydrogens is 266 g/mol. The van der Waals surface area contributed by atoms with Gasteiger partial charge in [0.25, 0.3) is 0 Å². The highest BCUT2D eigenvalue weighted by Gasteiger charge is 2.21. The first-order chi connectivity index (χ1) is 9.89. The summed E-state index contributed by atoms with van der Waals surface area (Å²) in [5, 5.41) is 12.2. The van der Waals surface area contributed by atoms with Gasteiger partial charge in [-0.2, -0.15) is 0 Å². The third-order valence-electron chi connectivity index (χ3n) is 3.76. The Morgan fingerprint density at radius 1 is 1.43 bits per heavy atom. The van der Waals surface area contributed by atoms with Crippen LogP contribution in [-0.2, 0) is 11.3 Å². The zero-order valence-corrected chi connectivity index (χ0v) is 13.2. The fraction of sp³-hybridized carbons (Fsp3) is 0.562. The van der Waals surface area contributed by atoms with Crippen molar-refractivity contribution in [3.63, 3.8) is 0 Å². The zero-order chi connectivity index (χ0) is 15.9. The van der Waals surface area contributed by atoms with Gasteiger partial charge in [-0.1, -0.05) is 12.1 Å². The number of likely N-dealkylation sites (N-methyl/N-ethyl adjacent to an activating group) is 1. The Morgan fingerprint density at radius 2 is 2.14 bits per heavy atom. The molecular formula is C16H27N3O2. The topological polar surface area (TPSA) is 78.6 Å². The average Bonchev–Trinajstić information content (AvgIpc) is 2.47. The van der Waals surface area contributed by atoms with Gasteiger partial charge in [0.05, 0.1) is 6.61 Å². The Bertz CT molecular complexity index is 461. The van der Waals surface area contributed by atoms with Crippen LogP contribution in [0.3, 0.4) is 0 Å². The largest absolute Gasteiger partial charge is 0.394 e. The first-order valence-corrected chi connectivity index (χ1v) is 7.30. The van der Waals surface area contributed by atoms with E-state index >= 15 is 0 Å². The Labute approximate surface area is 127 Å². The second kappa shape index (κ2) is 8.12. The molecule has 1 amide bonds. The number of hydrogen-bond donors (Lipinski definition) is 3. The molecule has 0 atom stereocenters. The van der Waals surface area contributed by atoms with E-state index in [-0.39, 0.29) is 18.1 Å². The number of nitrogens with one attached hydrogen (secondary N) is 1. The molecule has 0 aliphatic rings. The fourth-order valence-electron chi connectivity index (χ4n) is 1.90. The summed E-state index contributed by atoms with van der Waals surface area (Å²) in [6, 6.07) is 7.56. The number of aliphatic hydroxyl groups is 1. The van der Waals surface area contributed by atoms with Crippen LogP contribution in [0.15, 0.2) is 24.3 Å². The van der Waals surface area contributed by atoms with Gasteiger partial charge in [0.2, 0.25) is 5.91 Å². The SMILES string of the molecule is CN(CCCC(=O)Nc1cccc(CN)c1)C(C)(C)CO. The second-order valence-electron chi connectivity index (χ2n) is 5.95. The number of hydrogen-bond acceptors (Lipinski definition) is 4. The Balaban J connectivity index is 2.37. The van der Waals surface area contributed by atoms with Gasteiger partial charge in [-0.25, -0.2) is 0 Å². The van der Waals surface area contributed by atoms with Gasteiger partial charge in [0, 0.05) is 24.2 Å². The number of nitrogens with two attached hydrogens (primary N) is 1. The van der Waals surface area contributed by atoms with Gasteiger partial charge in [-0.3, -0.25) is 9.69 Å². The van der Waals surface area contributed by atoms with Crippen LogP contribution in [0.1, 0.15) is 32.3 Å². The number of rotatable bonds is 8. The Morgan fingerprint density at radius 3 is 2.76 bits per heavy atom. The molecule has 5 heteroatoms. The molecule has 0 unspecified atom stereocenters. The minimum absolute atomic E-state index is 0.000578. The smallest absolute Gasteiger partial charge is 0.224 e. The molecule has 0 heterocycles. The lowest BCUT2D eigenvalue weighted by Gasteiger charge is -2.33. The molecule has 4 N–H and O–H groups in total. The van der Waals surface area contributed by atoms with Gasteiger partial charge in [-0.15, -0.1) is 0 Å². The molecule has 0 fully saturated rings. The first kappa shape index (κ1) is 17.6. The van der Waals surface area contributed by atoms with Crippen molar-refractivity contribution < 1.29 is 9.90 Å². The van der Waals surface area contributed by atoms with E-state index in [2.05, 4.69) is 10.2 Å². The van der Waals surface area contributed by atoms with Crippen LogP contribution in [0.5, 0.6) is 0 Å². The lowest BCUT2D eigenvalue weighted by molar-refractivity contribution is -0.116. The van der Waals surface area contributed by atoms with E-state index in [1.165, 1.54) is 0 Å². The van der Waals surface area contributed by atoms with Gasteiger partial charge < -0.3 is 16.2 Å². The van der Waals surface area contributed by atoms with E-state index in [1.54, 1.807) is 0 Å². The van der Waals surface area contributed by atoms with E-state index in [9.17, 15) is 9.90 Å². The van der Waals surface area contributed by atoms with Crippen LogP contribution in [-0.4, -0.2) is 41.7 Å². The van der Waals surface area contributed by atoms with Crippen molar-refractivity contribution in [3.05, 3.63) is 29.8 Å². The van der Waals surface area contributed by atoms with Crippen LogP contribution in [0, 0.1) is 0 Å². The standard InChI is InChI=1S/C16H27N3O2/c1-16(2,12-20)19(3)9-5-8-15(21)18-14-7-4-6-13(10-14)11-17/h4,6-7,10,20H,5,8-9,11-12,17H2,1-3H3,(H,18,21). The summed E-state index contributed by atoms with van der Waals surface area (Å²) < 4.78 is 0. The quantitative estimate of drug-likeness (QED) is 0.680. The average molecular weight is 293 g/mol. The van der Waals surface area contributed by atoms with Crippen molar-refractivity contribution >= 4 is 11.6 Å². The van der Waals surface area contributed by atoms with Gasteiger partial charge >= 0.3 is 0 Å². The summed E-state index contributed by atoms with van der Waals surface area (Å²) in [6.07, 6.45) is 1.21. The normalized spacial score (nSPS) is 11.7. The number of carbonyl (C=O) groups is 1. The van der Waals surface area contributed by atoms with Crippen molar-refractivity contribution in [3.8, 4) is 0 Å². The number of carbonyl (C=O) groups excluding carboxylic acids is 1. The van der Waals surface area contributed by atoms with Crippen LogP contribution >= 0.6 is 0 Å². The van der Waals surface area contributed by atoms with Crippen LogP contribution in [0.2, 0.25) is 0 Å². The summed E-state index contributed by atoms with van der Waals surface area (Å²) >= 11 is 0. The molecule has 0 radical (unpaired) electrons. The molecule has 0 spiro atoms. The molecule has 0 aromatic heterocycles. The molecule has 1 aromatic rings. The first-order valence-electron chi connectivity index (χ1n) is 7.30. The highest BCUT2D eigenvalue weighted by molar-refractivity contribution is 5.90. The van der Waals surface area contributed by atoms with Crippen molar-refractivity contribution in [1.82, 2.24) is 4.90 Å². The fourth-order valence-corrected chi connectivity index (χ4v) is 1.90. The number of nitrogens with zero attached hydrogens (tertiary/aromatic N) is 1. The molecule has 118 valence electrons. The highest BCUT2D eigenvalue weighted by atomic mass is 16.3. The maximum atomic E-state index is 11.9. The van der Waals surface area contributed by atoms with E-state index in [0.717, 1.165) is 24.2 Å². The van der Waals surface area contributed by atoms with Gasteiger partial charge in [0.15, 0.2) is 0 Å². The summed E-state index contributed by atoms with van der Waals surface area (Å²) in [5.74, 6) is -0.000578. The summed E-state index contributed by atoms with van der Waals surface area (Å²) in [6.45, 7) is 5.28. The third-order valence-corrected chi connectivity index (χ3v) is 3.76. The molecule has 0 saturated carbocycles. The van der Waals surface area contributed by atoms with E-state index in [1.807, 2.05) is 45.2 Å². The monoisotopic (exact) mass is 293 g/mol. The molecule has 5 nitrogen and oxygen atoms in total. The van der Waals surface area contributed by atoms with E-state index in [0.29, 0.717) is 13.0 Å². The molecule has 0 bridgehead atoms.